The van der Waals surface area contributed by atoms with E-state index in [1.54, 1.807) is 28.9 Å². The molecule has 1 heterocycles. The summed E-state index contributed by atoms with van der Waals surface area (Å²) in [6.07, 6.45) is -0.325. The molecular formula is C17H24N2O5. The minimum absolute atomic E-state index is 0.0328. The number of nitrogens with zero attached hydrogens (tertiary/aromatic N) is 2. The highest BCUT2D eigenvalue weighted by atomic mass is 16.6. The van der Waals surface area contributed by atoms with Gasteiger partial charge in [0.25, 0.3) is 5.91 Å². The van der Waals surface area contributed by atoms with Crippen molar-refractivity contribution in [3.8, 4) is 11.5 Å². The average molecular weight is 336 g/mol. The molecule has 0 aliphatic carbocycles. The summed E-state index contributed by atoms with van der Waals surface area (Å²) in [7, 11) is 0. The van der Waals surface area contributed by atoms with Crippen LogP contribution in [0.2, 0.25) is 0 Å². The maximum Gasteiger partial charge on any atom is 0.409 e. The van der Waals surface area contributed by atoms with E-state index in [0.717, 1.165) is 0 Å². The summed E-state index contributed by atoms with van der Waals surface area (Å²) >= 11 is 0. The summed E-state index contributed by atoms with van der Waals surface area (Å²) < 4.78 is 15.9. The van der Waals surface area contributed by atoms with Crippen molar-refractivity contribution in [3.63, 3.8) is 0 Å². The number of hydrogen-bond donors (Lipinski definition) is 0. The first-order chi connectivity index (χ1) is 11.6. The van der Waals surface area contributed by atoms with E-state index in [1.165, 1.54) is 0 Å². The minimum atomic E-state index is -0.325. The molecule has 0 aromatic heterocycles. The van der Waals surface area contributed by atoms with Crippen LogP contribution in [-0.4, -0.2) is 67.8 Å². The van der Waals surface area contributed by atoms with Crippen molar-refractivity contribution >= 4 is 12.0 Å². The average Bonchev–Trinajstić information content (AvgIpc) is 2.61. The molecule has 0 atom stereocenters. The van der Waals surface area contributed by atoms with Crippen LogP contribution in [0, 0.1) is 0 Å². The summed E-state index contributed by atoms with van der Waals surface area (Å²) in [6.45, 7) is 6.51. The third-order valence-electron chi connectivity index (χ3n) is 3.64. The molecule has 1 aliphatic heterocycles. The molecule has 0 spiro atoms. The Balaban J connectivity index is 1.77. The number of piperazine rings is 1. The molecule has 0 radical (unpaired) electrons. The van der Waals surface area contributed by atoms with Crippen LogP contribution >= 0.6 is 0 Å². The Hall–Kier alpha value is -2.44. The second-order valence-electron chi connectivity index (χ2n) is 5.26. The van der Waals surface area contributed by atoms with Gasteiger partial charge in [0.05, 0.1) is 13.2 Å². The molecule has 0 N–H and O–H groups in total. The Morgan fingerprint density at radius 2 is 1.58 bits per heavy atom. The Bertz CT molecular complexity index is 556. The van der Waals surface area contributed by atoms with E-state index in [9.17, 15) is 9.59 Å². The maximum absolute atomic E-state index is 12.2. The molecule has 0 bridgehead atoms. The molecule has 2 amide bonds. The van der Waals surface area contributed by atoms with Crippen LogP contribution in [0.25, 0.3) is 0 Å². The van der Waals surface area contributed by atoms with Crippen LogP contribution in [0.15, 0.2) is 24.3 Å². The van der Waals surface area contributed by atoms with Crippen LogP contribution in [0.4, 0.5) is 4.79 Å². The Labute approximate surface area is 142 Å². The van der Waals surface area contributed by atoms with Gasteiger partial charge in [-0.1, -0.05) is 6.07 Å². The molecule has 24 heavy (non-hydrogen) atoms. The van der Waals surface area contributed by atoms with E-state index >= 15 is 0 Å². The molecule has 7 heteroatoms. The zero-order valence-corrected chi connectivity index (χ0v) is 14.2. The first kappa shape index (κ1) is 17.9. The van der Waals surface area contributed by atoms with Crippen molar-refractivity contribution < 1.29 is 23.8 Å². The normalized spacial score (nSPS) is 14.2. The van der Waals surface area contributed by atoms with Gasteiger partial charge in [-0.05, 0) is 26.0 Å². The molecule has 1 aromatic carbocycles. The predicted octanol–water partition coefficient (Wildman–Crippen LogP) is 1.76. The first-order valence-electron chi connectivity index (χ1n) is 8.19. The van der Waals surface area contributed by atoms with Crippen molar-refractivity contribution in [3.05, 3.63) is 24.3 Å². The second-order valence-corrected chi connectivity index (χ2v) is 5.26. The van der Waals surface area contributed by atoms with E-state index in [4.69, 9.17) is 14.2 Å². The third-order valence-corrected chi connectivity index (χ3v) is 3.64. The van der Waals surface area contributed by atoms with Crippen molar-refractivity contribution in [2.24, 2.45) is 0 Å². The molecule has 1 aromatic rings. The number of ether oxygens (including phenoxy) is 3. The van der Waals surface area contributed by atoms with E-state index in [1.807, 2.05) is 19.1 Å². The third kappa shape index (κ3) is 5.04. The van der Waals surface area contributed by atoms with Crippen LogP contribution in [0.5, 0.6) is 11.5 Å². The molecule has 0 unspecified atom stereocenters. The summed E-state index contributed by atoms with van der Waals surface area (Å²) in [6, 6.07) is 7.21. The molecule has 1 saturated heterocycles. The zero-order valence-electron chi connectivity index (χ0n) is 14.2. The summed E-state index contributed by atoms with van der Waals surface area (Å²) in [5, 5.41) is 0. The van der Waals surface area contributed by atoms with E-state index in [2.05, 4.69) is 0 Å². The van der Waals surface area contributed by atoms with Gasteiger partial charge in [0.1, 0.15) is 11.5 Å². The number of rotatable bonds is 6. The van der Waals surface area contributed by atoms with Gasteiger partial charge >= 0.3 is 6.09 Å². The lowest BCUT2D eigenvalue weighted by atomic mass is 10.3. The standard InChI is InChI=1S/C17H24N2O5/c1-3-22-14-6-5-7-15(12-14)24-13-16(20)18-8-10-19(11-9-18)17(21)23-4-2/h5-7,12H,3-4,8-11,13H2,1-2H3. The van der Waals surface area contributed by atoms with Crippen LogP contribution in [0.3, 0.4) is 0 Å². The Kier molecular flexibility index (Phi) is 6.72. The maximum atomic E-state index is 12.2. The fourth-order valence-electron chi connectivity index (χ4n) is 2.41. The second kappa shape index (κ2) is 9.00. The number of carbonyl (C=O) groups is 2. The van der Waals surface area contributed by atoms with Gasteiger partial charge < -0.3 is 24.0 Å². The van der Waals surface area contributed by atoms with Crippen molar-refractivity contribution in [2.75, 3.05) is 46.0 Å². The first-order valence-corrected chi connectivity index (χ1v) is 8.19. The zero-order chi connectivity index (χ0) is 17.4. The SMILES string of the molecule is CCOC(=O)N1CCN(C(=O)COc2cccc(OCC)c2)CC1. The molecule has 7 nitrogen and oxygen atoms in total. The van der Waals surface area contributed by atoms with Gasteiger partial charge in [-0.25, -0.2) is 4.79 Å². The van der Waals surface area contributed by atoms with E-state index in [-0.39, 0.29) is 18.6 Å². The molecule has 132 valence electrons. The van der Waals surface area contributed by atoms with Crippen molar-refractivity contribution in [1.29, 1.82) is 0 Å². The van der Waals surface area contributed by atoms with Crippen molar-refractivity contribution in [1.82, 2.24) is 9.80 Å². The summed E-state index contributed by atoms with van der Waals surface area (Å²) in [4.78, 5) is 27.2. The lowest BCUT2D eigenvalue weighted by molar-refractivity contribution is -0.134. The smallest absolute Gasteiger partial charge is 0.409 e. The summed E-state index contributed by atoms with van der Waals surface area (Å²) in [5.74, 6) is 1.21. The fraction of sp³-hybridized carbons (Fsp3) is 0.529. The number of amides is 2. The largest absolute Gasteiger partial charge is 0.494 e. The number of benzene rings is 1. The van der Waals surface area contributed by atoms with Gasteiger partial charge in [0, 0.05) is 32.2 Å². The monoisotopic (exact) mass is 336 g/mol. The van der Waals surface area contributed by atoms with Crippen molar-refractivity contribution in [2.45, 2.75) is 13.8 Å². The van der Waals surface area contributed by atoms with Gasteiger partial charge in [0.2, 0.25) is 0 Å². The highest BCUT2D eigenvalue weighted by Crippen LogP contribution is 2.19. The number of hydrogen-bond acceptors (Lipinski definition) is 5. The molecule has 0 saturated carbocycles. The van der Waals surface area contributed by atoms with Crippen LogP contribution in [0.1, 0.15) is 13.8 Å². The Morgan fingerprint density at radius 1 is 0.958 bits per heavy atom. The Morgan fingerprint density at radius 3 is 2.21 bits per heavy atom. The highest BCUT2D eigenvalue weighted by Gasteiger charge is 2.24. The molecular weight excluding hydrogens is 312 g/mol. The van der Waals surface area contributed by atoms with E-state index < -0.39 is 0 Å². The fourth-order valence-corrected chi connectivity index (χ4v) is 2.41. The van der Waals surface area contributed by atoms with Gasteiger partial charge in [-0.15, -0.1) is 0 Å². The van der Waals surface area contributed by atoms with Crippen LogP contribution < -0.4 is 9.47 Å². The highest BCUT2D eigenvalue weighted by molar-refractivity contribution is 5.78. The number of carbonyl (C=O) groups excluding carboxylic acids is 2. The lowest BCUT2D eigenvalue weighted by Gasteiger charge is -2.33. The molecule has 1 aliphatic rings. The topological polar surface area (TPSA) is 68.3 Å². The predicted molar refractivity (Wildman–Crippen MR) is 88.3 cm³/mol. The van der Waals surface area contributed by atoms with E-state index in [0.29, 0.717) is 50.9 Å². The summed E-state index contributed by atoms with van der Waals surface area (Å²) in [5.41, 5.74) is 0. The minimum Gasteiger partial charge on any atom is -0.494 e. The quantitative estimate of drug-likeness (QED) is 0.792. The van der Waals surface area contributed by atoms with Gasteiger partial charge in [-0.3, -0.25) is 4.79 Å². The molecule has 1 fully saturated rings. The van der Waals surface area contributed by atoms with Crippen LogP contribution in [-0.2, 0) is 9.53 Å². The van der Waals surface area contributed by atoms with Gasteiger partial charge in [0.15, 0.2) is 6.61 Å². The molecule has 2 rings (SSSR count). The van der Waals surface area contributed by atoms with Gasteiger partial charge in [-0.2, -0.15) is 0 Å². The lowest BCUT2D eigenvalue weighted by Crippen LogP contribution is -2.51.